The molecule has 0 radical (unpaired) electrons. The highest BCUT2D eigenvalue weighted by molar-refractivity contribution is 6.33. The van der Waals surface area contributed by atoms with Gasteiger partial charge in [0.2, 0.25) is 5.91 Å². The largest absolute Gasteiger partial charge is 0.483 e. The molecule has 0 spiro atoms. The van der Waals surface area contributed by atoms with Gasteiger partial charge in [0.25, 0.3) is 5.91 Å². The van der Waals surface area contributed by atoms with Gasteiger partial charge in [0.05, 0.1) is 10.7 Å². The third-order valence-electron chi connectivity index (χ3n) is 4.08. The van der Waals surface area contributed by atoms with Gasteiger partial charge in [0.1, 0.15) is 5.75 Å². The zero-order chi connectivity index (χ0) is 20.0. The van der Waals surface area contributed by atoms with Gasteiger partial charge in [-0.2, -0.15) is 0 Å². The van der Waals surface area contributed by atoms with Crippen molar-refractivity contribution in [2.24, 2.45) is 0 Å². The number of benzene rings is 2. The molecule has 5 nitrogen and oxygen atoms in total. The quantitative estimate of drug-likeness (QED) is 0.690. The van der Waals surface area contributed by atoms with E-state index in [-0.39, 0.29) is 18.4 Å². The summed E-state index contributed by atoms with van der Waals surface area (Å²) in [5.41, 5.74) is 3.11. The van der Waals surface area contributed by atoms with Crippen molar-refractivity contribution < 1.29 is 14.3 Å². The second kappa shape index (κ2) is 9.42. The number of rotatable bonds is 7. The minimum atomic E-state index is -0.329. The first-order valence-corrected chi connectivity index (χ1v) is 9.30. The molecule has 0 aliphatic carbocycles. The maximum Gasteiger partial charge on any atom is 0.262 e. The molecule has 2 aromatic carbocycles. The highest BCUT2D eigenvalue weighted by Crippen LogP contribution is 2.26. The van der Waals surface area contributed by atoms with Crippen molar-refractivity contribution in [2.45, 2.75) is 40.0 Å². The molecule has 0 unspecified atom stereocenters. The van der Waals surface area contributed by atoms with Crippen LogP contribution >= 0.6 is 11.6 Å². The molecule has 0 aromatic heterocycles. The Morgan fingerprint density at radius 3 is 2.48 bits per heavy atom. The summed E-state index contributed by atoms with van der Waals surface area (Å²) in [4.78, 5) is 23.8. The second-order valence-electron chi connectivity index (χ2n) is 6.61. The Hall–Kier alpha value is -2.53. The van der Waals surface area contributed by atoms with Gasteiger partial charge in [-0.3, -0.25) is 9.59 Å². The molecule has 6 heteroatoms. The highest BCUT2D eigenvalue weighted by atomic mass is 35.5. The number of anilines is 2. The van der Waals surface area contributed by atoms with Crippen LogP contribution in [0.4, 0.5) is 11.4 Å². The predicted molar refractivity (Wildman–Crippen MR) is 110 cm³/mol. The van der Waals surface area contributed by atoms with E-state index in [1.807, 2.05) is 19.1 Å². The molecule has 2 aromatic rings. The minimum Gasteiger partial charge on any atom is -0.483 e. The molecule has 0 aliphatic rings. The smallest absolute Gasteiger partial charge is 0.262 e. The molecular weight excluding hydrogens is 364 g/mol. The third kappa shape index (κ3) is 6.00. The van der Waals surface area contributed by atoms with Crippen LogP contribution in [0.2, 0.25) is 5.02 Å². The van der Waals surface area contributed by atoms with Crippen molar-refractivity contribution in [1.82, 2.24) is 0 Å². The molecule has 0 heterocycles. The molecule has 144 valence electrons. The van der Waals surface area contributed by atoms with E-state index in [2.05, 4.69) is 30.5 Å². The van der Waals surface area contributed by atoms with E-state index in [0.29, 0.717) is 34.5 Å². The Bertz CT molecular complexity index is 834. The standard InChI is InChI=1S/C21H25ClN2O3/c1-5-20(25)23-16-8-9-17(22)18(11-16)24-21(26)12-27-19-10-15(13(2)3)7-6-14(19)4/h6-11,13H,5,12H2,1-4H3,(H,23,25)(H,24,26). The minimum absolute atomic E-state index is 0.113. The number of nitrogens with one attached hydrogen (secondary N) is 2. The van der Waals surface area contributed by atoms with Crippen molar-refractivity contribution in [3.05, 3.63) is 52.5 Å². The lowest BCUT2D eigenvalue weighted by molar-refractivity contribution is -0.118. The van der Waals surface area contributed by atoms with Crippen molar-refractivity contribution in [2.75, 3.05) is 17.2 Å². The average molecular weight is 389 g/mol. The first-order chi connectivity index (χ1) is 12.8. The fourth-order valence-corrected chi connectivity index (χ4v) is 2.57. The number of amides is 2. The van der Waals surface area contributed by atoms with Crippen LogP contribution in [0.15, 0.2) is 36.4 Å². The molecule has 0 atom stereocenters. The summed E-state index contributed by atoms with van der Waals surface area (Å²) in [6.45, 7) is 7.78. The summed E-state index contributed by atoms with van der Waals surface area (Å²) in [5, 5.41) is 5.84. The Labute approximate surface area is 165 Å². The molecule has 27 heavy (non-hydrogen) atoms. The maximum atomic E-state index is 12.3. The SMILES string of the molecule is CCC(=O)Nc1ccc(Cl)c(NC(=O)COc2cc(C(C)C)ccc2C)c1. The van der Waals surface area contributed by atoms with E-state index in [0.717, 1.165) is 11.1 Å². The first kappa shape index (κ1) is 20.8. The molecule has 0 bridgehead atoms. The fourth-order valence-electron chi connectivity index (χ4n) is 2.41. The number of hydrogen-bond acceptors (Lipinski definition) is 3. The Morgan fingerprint density at radius 2 is 1.81 bits per heavy atom. The van der Waals surface area contributed by atoms with E-state index in [1.54, 1.807) is 25.1 Å². The number of carbonyl (C=O) groups excluding carboxylic acids is 2. The van der Waals surface area contributed by atoms with Crippen LogP contribution in [-0.4, -0.2) is 18.4 Å². The van der Waals surface area contributed by atoms with Gasteiger partial charge in [-0.1, -0.05) is 44.5 Å². The molecule has 2 amide bonds. The van der Waals surface area contributed by atoms with Gasteiger partial charge >= 0.3 is 0 Å². The highest BCUT2D eigenvalue weighted by Gasteiger charge is 2.11. The lowest BCUT2D eigenvalue weighted by atomic mass is 10.0. The molecule has 2 N–H and O–H groups in total. The van der Waals surface area contributed by atoms with Crippen LogP contribution in [0, 0.1) is 6.92 Å². The molecular formula is C21H25ClN2O3. The van der Waals surface area contributed by atoms with E-state index >= 15 is 0 Å². The van der Waals surface area contributed by atoms with Crippen molar-refractivity contribution >= 4 is 34.8 Å². The Kier molecular flexibility index (Phi) is 7.25. The van der Waals surface area contributed by atoms with Crippen LogP contribution in [0.25, 0.3) is 0 Å². The number of halogens is 1. The van der Waals surface area contributed by atoms with E-state index < -0.39 is 0 Å². The normalized spacial score (nSPS) is 10.6. The number of hydrogen-bond donors (Lipinski definition) is 2. The van der Waals surface area contributed by atoms with Crippen LogP contribution in [0.3, 0.4) is 0 Å². The van der Waals surface area contributed by atoms with Gasteiger partial charge < -0.3 is 15.4 Å². The summed E-state index contributed by atoms with van der Waals surface area (Å²) in [6.07, 6.45) is 0.368. The summed E-state index contributed by atoms with van der Waals surface area (Å²) < 4.78 is 5.69. The van der Waals surface area contributed by atoms with Crippen molar-refractivity contribution in [1.29, 1.82) is 0 Å². The summed E-state index contributed by atoms with van der Waals surface area (Å²) in [5.74, 6) is 0.622. The lowest BCUT2D eigenvalue weighted by Gasteiger charge is -2.14. The van der Waals surface area contributed by atoms with E-state index in [9.17, 15) is 9.59 Å². The monoisotopic (exact) mass is 388 g/mol. The van der Waals surface area contributed by atoms with Crippen molar-refractivity contribution in [3.63, 3.8) is 0 Å². The average Bonchev–Trinajstić information content (AvgIpc) is 2.63. The van der Waals surface area contributed by atoms with Gasteiger partial charge in [0.15, 0.2) is 6.61 Å². The fraction of sp³-hybridized carbons (Fsp3) is 0.333. The van der Waals surface area contributed by atoms with Gasteiger partial charge in [0, 0.05) is 12.1 Å². The molecule has 0 aliphatic heterocycles. The summed E-state index contributed by atoms with van der Waals surface area (Å²) >= 11 is 6.14. The van der Waals surface area contributed by atoms with Crippen LogP contribution < -0.4 is 15.4 Å². The summed E-state index contributed by atoms with van der Waals surface area (Å²) in [6, 6.07) is 10.9. The van der Waals surface area contributed by atoms with Gasteiger partial charge in [-0.15, -0.1) is 0 Å². The zero-order valence-electron chi connectivity index (χ0n) is 16.1. The summed E-state index contributed by atoms with van der Waals surface area (Å²) in [7, 11) is 0. The molecule has 0 saturated heterocycles. The van der Waals surface area contributed by atoms with Crippen LogP contribution in [0.1, 0.15) is 44.2 Å². The zero-order valence-corrected chi connectivity index (χ0v) is 16.8. The Morgan fingerprint density at radius 1 is 1.07 bits per heavy atom. The second-order valence-corrected chi connectivity index (χ2v) is 7.02. The lowest BCUT2D eigenvalue weighted by Crippen LogP contribution is -2.21. The number of aryl methyl sites for hydroxylation is 1. The number of ether oxygens (including phenoxy) is 1. The Balaban J connectivity index is 2.03. The van der Waals surface area contributed by atoms with E-state index in [1.165, 1.54) is 0 Å². The van der Waals surface area contributed by atoms with Crippen molar-refractivity contribution in [3.8, 4) is 5.75 Å². The predicted octanol–water partition coefficient (Wildman–Crippen LogP) is 5.14. The van der Waals surface area contributed by atoms with Gasteiger partial charge in [-0.05, 0) is 48.2 Å². The maximum absolute atomic E-state index is 12.3. The molecule has 0 fully saturated rings. The van der Waals surface area contributed by atoms with Crippen LogP contribution in [-0.2, 0) is 9.59 Å². The van der Waals surface area contributed by atoms with Crippen LogP contribution in [0.5, 0.6) is 5.75 Å². The number of carbonyl (C=O) groups is 2. The molecule has 0 saturated carbocycles. The molecule has 2 rings (SSSR count). The third-order valence-corrected chi connectivity index (χ3v) is 4.41. The first-order valence-electron chi connectivity index (χ1n) is 8.92. The van der Waals surface area contributed by atoms with Gasteiger partial charge in [-0.25, -0.2) is 0 Å². The van der Waals surface area contributed by atoms with E-state index in [4.69, 9.17) is 16.3 Å². The topological polar surface area (TPSA) is 67.4 Å².